The zero-order chi connectivity index (χ0) is 17.4. The monoisotopic (exact) mass is 330 g/mol. The number of benzene rings is 2. The summed E-state index contributed by atoms with van der Waals surface area (Å²) in [6, 6.07) is 10.2. The predicted octanol–water partition coefficient (Wildman–Crippen LogP) is 2.50. The average molecular weight is 330 g/mol. The summed E-state index contributed by atoms with van der Waals surface area (Å²) in [6.45, 7) is 1.07. The lowest BCUT2D eigenvalue weighted by Gasteiger charge is -2.39. The van der Waals surface area contributed by atoms with Crippen molar-refractivity contribution >= 4 is 0 Å². The Kier molecular flexibility index (Phi) is 4.02. The van der Waals surface area contributed by atoms with E-state index in [0.717, 1.165) is 36.1 Å². The molecule has 0 fully saturated rings. The minimum Gasteiger partial charge on any atom is -0.504 e. The number of rotatable bonds is 0. The number of likely N-dealkylation sites (N-methyl/N-ethyl adjacent to an activating group) is 1. The van der Waals surface area contributed by atoms with Crippen LogP contribution >= 0.6 is 0 Å². The maximum absolute atomic E-state index is 10.3. The van der Waals surface area contributed by atoms with Gasteiger partial charge < -0.3 is 15.4 Å². The molecular weight excluding hydrogens is 312 g/mol. The lowest BCUT2D eigenvalue weighted by atomic mass is 9.77. The molecule has 2 aromatic carbocycles. The van der Waals surface area contributed by atoms with Gasteiger partial charge in [0.1, 0.15) is 0 Å². The molecule has 0 aromatic heterocycles. The van der Waals surface area contributed by atoms with Crippen LogP contribution < -0.4 is 0 Å². The van der Waals surface area contributed by atoms with Gasteiger partial charge in [-0.1, -0.05) is 24.3 Å². The Morgan fingerprint density at radius 3 is 2.62 bits per heavy atom. The number of phenols is 2. The largest absolute Gasteiger partial charge is 0.504 e. The first-order valence-corrected chi connectivity index (χ1v) is 7.59. The molecule has 0 spiro atoms. The normalized spacial score (nSPS) is 18.0. The second-order valence-electron chi connectivity index (χ2n) is 6.03. The fraction of sp³-hybridized carbons (Fsp3) is 0.294. The Balaban J connectivity index is 0.000000383. The van der Waals surface area contributed by atoms with Crippen molar-refractivity contribution in [1.29, 1.82) is 0 Å². The van der Waals surface area contributed by atoms with E-state index in [4.69, 9.17) is 15.3 Å². The van der Waals surface area contributed by atoms with E-state index in [1.54, 1.807) is 6.07 Å². The van der Waals surface area contributed by atoms with Crippen LogP contribution in [0.3, 0.4) is 0 Å². The summed E-state index contributed by atoms with van der Waals surface area (Å²) in [5, 5.41) is 33.7. The molecule has 7 nitrogen and oxygen atoms in total. The Hall–Kier alpha value is -2.80. The number of hydrogen-bond donors (Lipinski definition) is 3. The van der Waals surface area contributed by atoms with Crippen LogP contribution in [0, 0.1) is 10.1 Å². The molecule has 1 heterocycles. The van der Waals surface area contributed by atoms with E-state index in [-0.39, 0.29) is 11.5 Å². The van der Waals surface area contributed by atoms with Gasteiger partial charge in [-0.2, -0.15) is 0 Å². The van der Waals surface area contributed by atoms with E-state index in [1.807, 2.05) is 6.07 Å². The van der Waals surface area contributed by atoms with Crippen LogP contribution in [0.15, 0.2) is 30.3 Å². The molecule has 1 aliphatic heterocycles. The molecular formula is C17H18N2O5. The number of nitrogens with zero attached hydrogens (tertiary/aromatic N) is 2. The summed E-state index contributed by atoms with van der Waals surface area (Å²) in [4.78, 5) is 10.7. The van der Waals surface area contributed by atoms with Gasteiger partial charge in [0, 0.05) is 18.2 Å². The van der Waals surface area contributed by atoms with Crippen molar-refractivity contribution in [2.75, 3.05) is 13.6 Å². The fourth-order valence-corrected chi connectivity index (χ4v) is 3.67. The van der Waals surface area contributed by atoms with Gasteiger partial charge in [0.15, 0.2) is 11.5 Å². The van der Waals surface area contributed by atoms with Crippen LogP contribution in [0.25, 0.3) is 11.1 Å². The third-order valence-electron chi connectivity index (χ3n) is 4.72. The summed E-state index contributed by atoms with van der Waals surface area (Å²) < 4.78 is 0. The lowest BCUT2D eigenvalue weighted by molar-refractivity contribution is -0.742. The van der Waals surface area contributed by atoms with E-state index in [1.165, 1.54) is 11.1 Å². The standard InChI is InChI=1S/C17H17NO2.HNO3/c1-18-8-7-10-3-2-4-12-15(10)13(18)9-11-5-6-14(19)17(20)16(11)12;2-1(3)4/h2-6,13,19-20H,7-9H2,1H3;(H,2,3,4)/t13-;/m1./s1. The molecule has 1 atom stereocenters. The van der Waals surface area contributed by atoms with E-state index < -0.39 is 5.09 Å². The van der Waals surface area contributed by atoms with Gasteiger partial charge >= 0.3 is 0 Å². The van der Waals surface area contributed by atoms with E-state index in [2.05, 4.69) is 30.1 Å². The molecule has 4 rings (SSSR count). The molecule has 0 amide bonds. The Morgan fingerprint density at radius 2 is 1.92 bits per heavy atom. The van der Waals surface area contributed by atoms with Crippen molar-refractivity contribution in [3.8, 4) is 22.6 Å². The summed E-state index contributed by atoms with van der Waals surface area (Å²) in [6.07, 6.45) is 1.94. The third-order valence-corrected chi connectivity index (χ3v) is 4.72. The van der Waals surface area contributed by atoms with Gasteiger partial charge in [-0.25, -0.2) is 0 Å². The second kappa shape index (κ2) is 6.01. The highest BCUT2D eigenvalue weighted by molar-refractivity contribution is 5.82. The first-order valence-electron chi connectivity index (χ1n) is 7.59. The quantitative estimate of drug-likeness (QED) is 0.389. The molecule has 0 bridgehead atoms. The molecule has 1 aliphatic carbocycles. The number of aromatic hydroxyl groups is 2. The van der Waals surface area contributed by atoms with Gasteiger partial charge in [-0.15, -0.1) is 10.1 Å². The van der Waals surface area contributed by atoms with Crippen LogP contribution in [0.4, 0.5) is 0 Å². The molecule has 2 aromatic rings. The van der Waals surface area contributed by atoms with Gasteiger partial charge in [0.25, 0.3) is 5.09 Å². The molecule has 2 aliphatic rings. The first-order chi connectivity index (χ1) is 11.4. The zero-order valence-electron chi connectivity index (χ0n) is 13.1. The predicted molar refractivity (Wildman–Crippen MR) is 86.8 cm³/mol. The lowest BCUT2D eigenvalue weighted by Crippen LogP contribution is -2.35. The van der Waals surface area contributed by atoms with E-state index in [0.29, 0.717) is 6.04 Å². The van der Waals surface area contributed by atoms with Crippen molar-refractivity contribution < 1.29 is 20.5 Å². The molecule has 0 saturated heterocycles. The van der Waals surface area contributed by atoms with Crippen LogP contribution in [0.1, 0.15) is 22.7 Å². The van der Waals surface area contributed by atoms with Crippen LogP contribution in [-0.2, 0) is 12.8 Å². The van der Waals surface area contributed by atoms with Crippen molar-refractivity contribution in [3.05, 3.63) is 57.1 Å². The third kappa shape index (κ3) is 2.63. The van der Waals surface area contributed by atoms with Crippen LogP contribution in [-0.4, -0.2) is 39.0 Å². The number of phenolic OH excluding ortho intramolecular Hbond substituents is 2. The molecule has 0 radical (unpaired) electrons. The van der Waals surface area contributed by atoms with Crippen LogP contribution in [0.2, 0.25) is 0 Å². The maximum Gasteiger partial charge on any atom is 0.291 e. The van der Waals surface area contributed by atoms with Crippen molar-refractivity contribution in [2.24, 2.45) is 0 Å². The molecule has 0 saturated carbocycles. The molecule has 3 N–H and O–H groups in total. The highest BCUT2D eigenvalue weighted by Gasteiger charge is 2.34. The van der Waals surface area contributed by atoms with Gasteiger partial charge in [-0.05, 0) is 48.2 Å². The van der Waals surface area contributed by atoms with Crippen molar-refractivity contribution in [3.63, 3.8) is 0 Å². The Bertz CT molecular complexity index is 802. The summed E-state index contributed by atoms with van der Waals surface area (Å²) >= 11 is 0. The smallest absolute Gasteiger partial charge is 0.291 e. The van der Waals surface area contributed by atoms with Crippen molar-refractivity contribution in [2.45, 2.75) is 18.9 Å². The first kappa shape index (κ1) is 16.1. The summed E-state index contributed by atoms with van der Waals surface area (Å²) in [7, 11) is 2.16. The number of fused-ring (bicyclic) bond motifs is 2. The highest BCUT2D eigenvalue weighted by Crippen LogP contribution is 2.49. The zero-order valence-corrected chi connectivity index (χ0v) is 13.1. The maximum atomic E-state index is 10.3. The Labute approximate surface area is 138 Å². The Morgan fingerprint density at radius 1 is 1.21 bits per heavy atom. The molecule has 0 unspecified atom stereocenters. The number of hydrogen-bond acceptors (Lipinski definition) is 5. The SMILES string of the molecule is CN1CCc2cccc3c2[C@H]1Cc1ccc(O)c(O)c1-3.O=[N+]([O-])O. The average Bonchev–Trinajstić information content (AvgIpc) is 2.53. The van der Waals surface area contributed by atoms with Gasteiger partial charge in [0.05, 0.1) is 0 Å². The fourth-order valence-electron chi connectivity index (χ4n) is 3.67. The van der Waals surface area contributed by atoms with Crippen LogP contribution in [0.5, 0.6) is 11.5 Å². The minimum absolute atomic E-state index is 0.0163. The van der Waals surface area contributed by atoms with E-state index in [9.17, 15) is 10.2 Å². The summed E-state index contributed by atoms with van der Waals surface area (Å²) in [5.41, 5.74) is 5.71. The molecule has 7 heteroatoms. The second-order valence-corrected chi connectivity index (χ2v) is 6.03. The minimum atomic E-state index is -1.50. The van der Waals surface area contributed by atoms with Gasteiger partial charge in [0.2, 0.25) is 0 Å². The summed E-state index contributed by atoms with van der Waals surface area (Å²) in [5.74, 6) is -0.0217. The topological polar surface area (TPSA) is 107 Å². The van der Waals surface area contributed by atoms with Gasteiger partial charge in [-0.3, -0.25) is 4.90 Å². The highest BCUT2D eigenvalue weighted by atomic mass is 16.9. The molecule has 126 valence electrons. The van der Waals surface area contributed by atoms with Crippen molar-refractivity contribution in [1.82, 2.24) is 4.90 Å². The van der Waals surface area contributed by atoms with E-state index >= 15 is 0 Å². The molecule has 24 heavy (non-hydrogen) atoms.